The molecule has 98 valence electrons. The highest BCUT2D eigenvalue weighted by Crippen LogP contribution is 2.18. The van der Waals surface area contributed by atoms with E-state index in [1.54, 1.807) is 0 Å². The van der Waals surface area contributed by atoms with Gasteiger partial charge in [0, 0.05) is 0 Å². The third-order valence-electron chi connectivity index (χ3n) is 2.24. The van der Waals surface area contributed by atoms with E-state index in [-0.39, 0.29) is 17.6 Å². The van der Waals surface area contributed by atoms with Crippen molar-refractivity contribution in [3.05, 3.63) is 29.8 Å². The number of carbonyl (C=O) groups is 1. The van der Waals surface area contributed by atoms with Gasteiger partial charge in [0.25, 0.3) is 5.91 Å². The standard InChI is InChI=1S/C12H17N3O2S/c1-8(2)9-3-5-10(6-4-9)17-7-11(16)14-15-12(13)18/h3-6,8H,7H2,1-2H3,(H,14,16)(H3,13,15,18). The fraction of sp³-hybridized carbons (Fsp3) is 0.333. The van der Waals surface area contributed by atoms with Crippen LogP contribution in [-0.2, 0) is 4.79 Å². The molecule has 0 saturated heterocycles. The normalized spacial score (nSPS) is 9.94. The molecule has 0 aromatic heterocycles. The average molecular weight is 267 g/mol. The van der Waals surface area contributed by atoms with Gasteiger partial charge in [0.1, 0.15) is 5.75 Å². The third kappa shape index (κ3) is 5.01. The van der Waals surface area contributed by atoms with Gasteiger partial charge in [-0.2, -0.15) is 0 Å². The van der Waals surface area contributed by atoms with Crippen LogP contribution in [0.1, 0.15) is 25.3 Å². The number of nitrogens with two attached hydrogens (primary N) is 1. The molecule has 0 bridgehead atoms. The summed E-state index contributed by atoms with van der Waals surface area (Å²) in [6.45, 7) is 4.13. The highest BCUT2D eigenvalue weighted by atomic mass is 32.1. The van der Waals surface area contributed by atoms with Crippen LogP contribution in [0.4, 0.5) is 0 Å². The van der Waals surface area contributed by atoms with Crippen molar-refractivity contribution in [2.75, 3.05) is 6.61 Å². The van der Waals surface area contributed by atoms with Crippen molar-refractivity contribution in [3.63, 3.8) is 0 Å². The van der Waals surface area contributed by atoms with Gasteiger partial charge in [-0.3, -0.25) is 15.6 Å². The Labute approximate surface area is 112 Å². The second-order valence-corrected chi connectivity index (χ2v) is 4.49. The van der Waals surface area contributed by atoms with Gasteiger partial charge < -0.3 is 10.5 Å². The third-order valence-corrected chi connectivity index (χ3v) is 2.34. The molecule has 0 radical (unpaired) electrons. The van der Waals surface area contributed by atoms with E-state index in [4.69, 9.17) is 10.5 Å². The number of ether oxygens (including phenoxy) is 1. The first kappa shape index (κ1) is 14.2. The van der Waals surface area contributed by atoms with Crippen molar-refractivity contribution in [1.29, 1.82) is 0 Å². The number of hydrogen-bond donors (Lipinski definition) is 3. The summed E-state index contributed by atoms with van der Waals surface area (Å²) in [6, 6.07) is 7.63. The number of nitrogens with one attached hydrogen (secondary N) is 2. The van der Waals surface area contributed by atoms with Crippen LogP contribution >= 0.6 is 12.2 Å². The number of rotatable bonds is 4. The Bertz CT molecular complexity index is 418. The van der Waals surface area contributed by atoms with Crippen molar-refractivity contribution < 1.29 is 9.53 Å². The maximum Gasteiger partial charge on any atom is 0.276 e. The highest BCUT2D eigenvalue weighted by molar-refractivity contribution is 7.80. The monoisotopic (exact) mass is 267 g/mol. The zero-order valence-corrected chi connectivity index (χ0v) is 11.2. The SMILES string of the molecule is CC(C)c1ccc(OCC(=O)NNC(N)=S)cc1. The van der Waals surface area contributed by atoms with Crippen LogP contribution in [-0.4, -0.2) is 17.6 Å². The zero-order chi connectivity index (χ0) is 13.5. The number of hydrogen-bond acceptors (Lipinski definition) is 3. The second kappa shape index (κ2) is 6.80. The molecule has 4 N–H and O–H groups in total. The first-order valence-electron chi connectivity index (χ1n) is 5.56. The Balaban J connectivity index is 2.39. The summed E-state index contributed by atoms with van der Waals surface area (Å²) in [7, 11) is 0. The molecule has 0 heterocycles. The molecule has 1 aromatic rings. The molecular formula is C12H17N3O2S. The molecule has 6 heteroatoms. The molecular weight excluding hydrogens is 250 g/mol. The molecule has 1 rings (SSSR count). The molecule has 18 heavy (non-hydrogen) atoms. The Kier molecular flexibility index (Phi) is 5.38. The van der Waals surface area contributed by atoms with Crippen molar-refractivity contribution in [3.8, 4) is 5.75 Å². The summed E-state index contributed by atoms with van der Waals surface area (Å²) in [5.41, 5.74) is 11.0. The molecule has 0 fully saturated rings. The lowest BCUT2D eigenvalue weighted by Crippen LogP contribution is -2.46. The van der Waals surface area contributed by atoms with Gasteiger partial charge in [-0.1, -0.05) is 26.0 Å². The summed E-state index contributed by atoms with van der Waals surface area (Å²) in [4.78, 5) is 11.3. The lowest BCUT2D eigenvalue weighted by molar-refractivity contribution is -0.123. The largest absolute Gasteiger partial charge is 0.484 e. The van der Waals surface area contributed by atoms with Crippen molar-refractivity contribution in [2.24, 2.45) is 5.73 Å². The van der Waals surface area contributed by atoms with Crippen molar-refractivity contribution in [2.45, 2.75) is 19.8 Å². The zero-order valence-electron chi connectivity index (χ0n) is 10.4. The fourth-order valence-electron chi connectivity index (χ4n) is 1.27. The molecule has 0 spiro atoms. The molecule has 0 unspecified atom stereocenters. The molecule has 0 aliphatic carbocycles. The van der Waals surface area contributed by atoms with E-state index in [1.165, 1.54) is 5.56 Å². The van der Waals surface area contributed by atoms with Crippen LogP contribution in [0.5, 0.6) is 5.75 Å². The summed E-state index contributed by atoms with van der Waals surface area (Å²) < 4.78 is 5.30. The second-order valence-electron chi connectivity index (χ2n) is 4.05. The number of carbonyl (C=O) groups excluding carboxylic acids is 1. The number of hydrazine groups is 1. The molecule has 0 aliphatic rings. The van der Waals surface area contributed by atoms with E-state index >= 15 is 0 Å². The van der Waals surface area contributed by atoms with Gasteiger partial charge in [-0.15, -0.1) is 0 Å². The summed E-state index contributed by atoms with van der Waals surface area (Å²) in [5, 5.41) is 0.00429. The van der Waals surface area contributed by atoms with Crippen LogP contribution in [0, 0.1) is 0 Å². The van der Waals surface area contributed by atoms with Gasteiger partial charge in [0.15, 0.2) is 11.7 Å². The van der Waals surface area contributed by atoms with Crippen LogP contribution in [0.3, 0.4) is 0 Å². The van der Waals surface area contributed by atoms with E-state index in [0.717, 1.165) is 0 Å². The number of thiocarbonyl (C=S) groups is 1. The lowest BCUT2D eigenvalue weighted by atomic mass is 10.0. The van der Waals surface area contributed by atoms with Gasteiger partial charge in [-0.05, 0) is 35.8 Å². The predicted molar refractivity (Wildman–Crippen MR) is 74.1 cm³/mol. The first-order valence-corrected chi connectivity index (χ1v) is 5.97. The average Bonchev–Trinajstić information content (AvgIpc) is 2.34. The van der Waals surface area contributed by atoms with Gasteiger partial charge in [-0.25, -0.2) is 0 Å². The van der Waals surface area contributed by atoms with Crippen LogP contribution < -0.4 is 21.3 Å². The van der Waals surface area contributed by atoms with E-state index in [0.29, 0.717) is 11.7 Å². The molecule has 0 atom stereocenters. The summed E-state index contributed by atoms with van der Waals surface area (Å²) in [6.07, 6.45) is 0. The Morgan fingerprint density at radius 3 is 2.44 bits per heavy atom. The minimum Gasteiger partial charge on any atom is -0.484 e. The van der Waals surface area contributed by atoms with Gasteiger partial charge >= 0.3 is 0 Å². The topological polar surface area (TPSA) is 76.4 Å². The molecule has 1 amide bonds. The maximum atomic E-state index is 11.3. The summed E-state index contributed by atoms with van der Waals surface area (Å²) >= 11 is 4.54. The van der Waals surface area contributed by atoms with Gasteiger partial charge in [0.05, 0.1) is 0 Å². The first-order chi connectivity index (χ1) is 8.49. The van der Waals surface area contributed by atoms with E-state index in [1.807, 2.05) is 24.3 Å². The van der Waals surface area contributed by atoms with Crippen LogP contribution in [0.25, 0.3) is 0 Å². The Morgan fingerprint density at radius 2 is 1.94 bits per heavy atom. The molecule has 1 aromatic carbocycles. The smallest absolute Gasteiger partial charge is 0.276 e. The molecule has 0 aliphatic heterocycles. The lowest BCUT2D eigenvalue weighted by Gasteiger charge is -2.09. The van der Waals surface area contributed by atoms with E-state index in [9.17, 15) is 4.79 Å². The Morgan fingerprint density at radius 1 is 1.33 bits per heavy atom. The van der Waals surface area contributed by atoms with Crippen molar-refractivity contribution >= 4 is 23.2 Å². The minimum absolute atomic E-state index is 0.00429. The highest BCUT2D eigenvalue weighted by Gasteiger charge is 2.03. The summed E-state index contributed by atoms with van der Waals surface area (Å²) in [5.74, 6) is 0.762. The number of amides is 1. The quantitative estimate of drug-likeness (QED) is 0.561. The fourth-order valence-corrected chi connectivity index (χ4v) is 1.32. The molecule has 0 saturated carbocycles. The van der Waals surface area contributed by atoms with Gasteiger partial charge in [0.2, 0.25) is 0 Å². The minimum atomic E-state index is -0.351. The predicted octanol–water partition coefficient (Wildman–Crippen LogP) is 1.05. The Hall–Kier alpha value is -1.82. The van der Waals surface area contributed by atoms with E-state index < -0.39 is 0 Å². The van der Waals surface area contributed by atoms with Crippen LogP contribution in [0.15, 0.2) is 24.3 Å². The number of benzene rings is 1. The van der Waals surface area contributed by atoms with E-state index in [2.05, 4.69) is 36.9 Å². The maximum absolute atomic E-state index is 11.3. The van der Waals surface area contributed by atoms with Crippen LogP contribution in [0.2, 0.25) is 0 Å². The molecule has 5 nitrogen and oxygen atoms in total. The van der Waals surface area contributed by atoms with Crippen molar-refractivity contribution in [1.82, 2.24) is 10.9 Å².